The van der Waals surface area contributed by atoms with Crippen LogP contribution in [0.1, 0.15) is 20.8 Å². The topological polar surface area (TPSA) is 76.7 Å². The third-order valence-electron chi connectivity index (χ3n) is 3.00. The van der Waals surface area contributed by atoms with E-state index < -0.39 is 18.3 Å². The lowest BCUT2D eigenvalue weighted by molar-refractivity contribution is 0.130. The lowest BCUT2D eigenvalue weighted by Gasteiger charge is -2.09. The van der Waals surface area contributed by atoms with Crippen LogP contribution in [0.3, 0.4) is 0 Å². The van der Waals surface area contributed by atoms with Crippen LogP contribution in [0.15, 0.2) is 48.5 Å². The molecule has 0 fully saturated rings. The molecule has 0 spiro atoms. The van der Waals surface area contributed by atoms with Gasteiger partial charge in [-0.2, -0.15) is 0 Å². The second kappa shape index (κ2) is 12.6. The minimum Gasteiger partial charge on any atom is -0.447 e. The van der Waals surface area contributed by atoms with Crippen LogP contribution in [0.2, 0.25) is 10.0 Å². The minimum atomic E-state index is -0.595. The highest BCUT2D eigenvalue weighted by molar-refractivity contribution is 6.31. The highest BCUT2D eigenvalue weighted by Crippen LogP contribution is 2.16. The summed E-state index contributed by atoms with van der Waals surface area (Å²) in [6, 6.07) is 13.6. The van der Waals surface area contributed by atoms with Gasteiger partial charge in [0.2, 0.25) is 0 Å². The number of nitrogens with one attached hydrogen (secondary N) is 2. The van der Waals surface area contributed by atoms with Crippen LogP contribution in [0.4, 0.5) is 21.0 Å². The first-order chi connectivity index (χ1) is 13.7. The molecule has 0 bridgehead atoms. The Kier molecular flexibility index (Phi) is 10.5. The van der Waals surface area contributed by atoms with E-state index in [1.807, 2.05) is 0 Å². The number of hydrogen-bond donors (Lipinski definition) is 2. The van der Waals surface area contributed by atoms with Crippen molar-refractivity contribution >= 4 is 46.8 Å². The van der Waals surface area contributed by atoms with Crippen molar-refractivity contribution in [1.29, 1.82) is 0 Å². The van der Waals surface area contributed by atoms with Crippen LogP contribution in [-0.4, -0.2) is 24.4 Å². The summed E-state index contributed by atoms with van der Waals surface area (Å²) in [5, 5.41) is 6.19. The van der Waals surface area contributed by atoms with Gasteiger partial charge < -0.3 is 9.47 Å². The summed E-state index contributed by atoms with van der Waals surface area (Å²) in [5.41, 5.74) is 1.19. The number of rotatable bonds is 4. The van der Waals surface area contributed by atoms with Gasteiger partial charge in [-0.25, -0.2) is 9.59 Å². The van der Waals surface area contributed by atoms with Gasteiger partial charge in [-0.05, 0) is 57.2 Å². The van der Waals surface area contributed by atoms with Crippen molar-refractivity contribution in [2.24, 2.45) is 0 Å². The van der Waals surface area contributed by atoms with Crippen molar-refractivity contribution in [2.75, 3.05) is 10.6 Å². The molecule has 154 valence electrons. The SMILES string of the molecule is C#CC(C)OC(=O)Nc1cccc(Cl)c1.CC(C)OC(=O)Nc1cccc(Cl)c1. The molecule has 1 atom stereocenters. The van der Waals surface area contributed by atoms with Gasteiger partial charge in [0.05, 0.1) is 6.10 Å². The minimum absolute atomic E-state index is 0.130. The first-order valence-electron chi connectivity index (χ1n) is 8.62. The van der Waals surface area contributed by atoms with E-state index in [1.165, 1.54) is 0 Å². The van der Waals surface area contributed by atoms with Crippen LogP contribution in [0.5, 0.6) is 0 Å². The molecule has 0 aliphatic heterocycles. The van der Waals surface area contributed by atoms with E-state index in [0.29, 0.717) is 21.4 Å². The van der Waals surface area contributed by atoms with E-state index in [2.05, 4.69) is 16.6 Å². The van der Waals surface area contributed by atoms with Crippen LogP contribution < -0.4 is 10.6 Å². The van der Waals surface area contributed by atoms with Crippen molar-refractivity contribution in [3.63, 3.8) is 0 Å². The summed E-state index contributed by atoms with van der Waals surface area (Å²) in [7, 11) is 0. The molecule has 0 saturated carbocycles. The van der Waals surface area contributed by atoms with Crippen molar-refractivity contribution in [1.82, 2.24) is 0 Å². The van der Waals surface area contributed by atoms with E-state index in [-0.39, 0.29) is 6.10 Å². The number of carbonyl (C=O) groups excluding carboxylic acids is 2. The zero-order chi connectivity index (χ0) is 21.8. The Bertz CT molecular complexity index is 866. The molecule has 8 heteroatoms. The van der Waals surface area contributed by atoms with Gasteiger partial charge >= 0.3 is 12.2 Å². The molecule has 0 radical (unpaired) electrons. The molecule has 2 rings (SSSR count). The van der Waals surface area contributed by atoms with Gasteiger partial charge in [0.15, 0.2) is 6.10 Å². The average molecular weight is 437 g/mol. The van der Waals surface area contributed by atoms with Crippen molar-refractivity contribution in [3.8, 4) is 12.3 Å². The zero-order valence-electron chi connectivity index (χ0n) is 16.2. The fraction of sp³-hybridized carbons (Fsp3) is 0.238. The molecule has 0 aliphatic carbocycles. The highest BCUT2D eigenvalue weighted by Gasteiger charge is 2.07. The predicted octanol–water partition coefficient (Wildman–Crippen LogP) is 6.21. The summed E-state index contributed by atoms with van der Waals surface area (Å²) in [4.78, 5) is 22.4. The Hall–Kier alpha value is -2.88. The molecule has 2 aromatic carbocycles. The number of benzene rings is 2. The Morgan fingerprint density at radius 3 is 1.72 bits per heavy atom. The average Bonchev–Trinajstić information content (AvgIpc) is 2.61. The highest BCUT2D eigenvalue weighted by atomic mass is 35.5. The molecule has 0 aliphatic rings. The second-order valence-electron chi connectivity index (χ2n) is 5.94. The molecule has 0 saturated heterocycles. The third kappa shape index (κ3) is 10.9. The standard InChI is InChI=1S/C11H10ClNO2.C10H12ClNO2/c1-3-8(2)15-11(14)13-10-6-4-5-9(12)7-10;1-7(2)14-10(13)12-9-5-3-4-8(11)6-9/h1,4-8H,2H3,(H,13,14);3-7H,1-2H3,(H,12,13). The first-order valence-corrected chi connectivity index (χ1v) is 9.37. The Balaban J connectivity index is 0.000000291. The van der Waals surface area contributed by atoms with E-state index >= 15 is 0 Å². The van der Waals surface area contributed by atoms with Crippen LogP contribution in [0, 0.1) is 12.3 Å². The lowest BCUT2D eigenvalue weighted by Crippen LogP contribution is -2.18. The number of anilines is 2. The Morgan fingerprint density at radius 1 is 0.897 bits per heavy atom. The maximum atomic E-state index is 11.2. The Morgan fingerprint density at radius 2 is 1.34 bits per heavy atom. The maximum Gasteiger partial charge on any atom is 0.412 e. The molecule has 0 aromatic heterocycles. The molecular weight excluding hydrogens is 415 g/mol. The fourth-order valence-corrected chi connectivity index (χ4v) is 2.22. The van der Waals surface area contributed by atoms with Gasteiger partial charge in [0.25, 0.3) is 0 Å². The van der Waals surface area contributed by atoms with Crippen molar-refractivity contribution in [3.05, 3.63) is 58.6 Å². The molecule has 6 nitrogen and oxygen atoms in total. The summed E-state index contributed by atoms with van der Waals surface area (Å²) >= 11 is 11.5. The van der Waals surface area contributed by atoms with Gasteiger partial charge in [-0.3, -0.25) is 10.6 Å². The Labute approximate surface area is 180 Å². The zero-order valence-corrected chi connectivity index (χ0v) is 17.8. The molecule has 29 heavy (non-hydrogen) atoms. The number of ether oxygens (including phenoxy) is 2. The van der Waals surface area contributed by atoms with Gasteiger partial charge in [-0.1, -0.05) is 41.3 Å². The van der Waals surface area contributed by atoms with Crippen molar-refractivity contribution in [2.45, 2.75) is 33.0 Å². The summed E-state index contributed by atoms with van der Waals surface area (Å²) < 4.78 is 9.71. The molecule has 2 aromatic rings. The van der Waals surface area contributed by atoms with Gasteiger partial charge in [-0.15, -0.1) is 6.42 Å². The summed E-state index contributed by atoms with van der Waals surface area (Å²) in [6.45, 7) is 5.19. The molecular formula is C21H22Cl2N2O4. The van der Waals surface area contributed by atoms with Crippen LogP contribution in [0.25, 0.3) is 0 Å². The number of halogens is 2. The normalized spacial score (nSPS) is 10.7. The first kappa shape index (κ1) is 24.2. The van der Waals surface area contributed by atoms with E-state index in [0.717, 1.165) is 0 Å². The van der Waals surface area contributed by atoms with Crippen molar-refractivity contribution < 1.29 is 19.1 Å². The summed E-state index contributed by atoms with van der Waals surface area (Å²) in [5.74, 6) is 2.28. The molecule has 0 heterocycles. The number of amides is 2. The summed E-state index contributed by atoms with van der Waals surface area (Å²) in [6.07, 6.45) is 3.31. The monoisotopic (exact) mass is 436 g/mol. The van der Waals surface area contributed by atoms with E-state index in [4.69, 9.17) is 39.1 Å². The van der Waals surface area contributed by atoms with Crippen LogP contribution >= 0.6 is 23.2 Å². The largest absolute Gasteiger partial charge is 0.447 e. The number of hydrogen-bond acceptors (Lipinski definition) is 4. The molecule has 1 unspecified atom stereocenters. The van der Waals surface area contributed by atoms with E-state index in [1.54, 1.807) is 69.3 Å². The second-order valence-corrected chi connectivity index (χ2v) is 6.81. The smallest absolute Gasteiger partial charge is 0.412 e. The molecule has 2 N–H and O–H groups in total. The lowest BCUT2D eigenvalue weighted by atomic mass is 10.3. The fourth-order valence-electron chi connectivity index (χ4n) is 1.84. The quantitative estimate of drug-likeness (QED) is 0.558. The maximum absolute atomic E-state index is 11.2. The van der Waals surface area contributed by atoms with Crippen LogP contribution in [-0.2, 0) is 9.47 Å². The number of terminal acetylenes is 1. The third-order valence-corrected chi connectivity index (χ3v) is 3.47. The number of carbonyl (C=O) groups is 2. The molecule has 2 amide bonds. The van der Waals surface area contributed by atoms with Gasteiger partial charge in [0.1, 0.15) is 0 Å². The van der Waals surface area contributed by atoms with Gasteiger partial charge in [0, 0.05) is 21.4 Å². The predicted molar refractivity (Wildman–Crippen MR) is 117 cm³/mol. The van der Waals surface area contributed by atoms with E-state index in [9.17, 15) is 9.59 Å².